The van der Waals surface area contributed by atoms with Crippen molar-refractivity contribution in [1.82, 2.24) is 10.0 Å². The van der Waals surface area contributed by atoms with Crippen LogP contribution in [0.15, 0.2) is 24.3 Å². The number of nitrogens with one attached hydrogen (secondary N) is 2. The zero-order valence-corrected chi connectivity index (χ0v) is 12.9. The Morgan fingerprint density at radius 3 is 2.75 bits per heavy atom. The predicted molar refractivity (Wildman–Crippen MR) is 79.8 cm³/mol. The first-order valence-corrected chi connectivity index (χ1v) is 8.07. The molecule has 2 atom stereocenters. The van der Waals surface area contributed by atoms with Gasteiger partial charge in [0.1, 0.15) is 5.82 Å². The zero-order chi connectivity index (χ0) is 13.9. The van der Waals surface area contributed by atoms with Crippen molar-refractivity contribution in [3.8, 4) is 0 Å². The number of hydrogen-bond donors (Lipinski definition) is 2. The molecule has 2 unspecified atom stereocenters. The molecule has 0 aliphatic carbocycles. The van der Waals surface area contributed by atoms with Crippen molar-refractivity contribution in [2.45, 2.75) is 25.1 Å². The first kappa shape index (κ1) is 17.4. The summed E-state index contributed by atoms with van der Waals surface area (Å²) in [5.74, 6) is -0.550. The van der Waals surface area contributed by atoms with E-state index in [1.54, 1.807) is 12.1 Å². The van der Waals surface area contributed by atoms with Gasteiger partial charge in [0.25, 0.3) is 0 Å². The monoisotopic (exact) mass is 322 g/mol. The molecule has 0 aromatic heterocycles. The summed E-state index contributed by atoms with van der Waals surface area (Å²) >= 11 is 0. The molecule has 7 heteroatoms. The summed E-state index contributed by atoms with van der Waals surface area (Å²) in [5.41, 5.74) is 0.205. The minimum absolute atomic E-state index is 0. The Hall–Kier alpha value is -0.690. The third-order valence-corrected chi connectivity index (χ3v) is 4.77. The van der Waals surface area contributed by atoms with Crippen molar-refractivity contribution in [3.05, 3.63) is 35.6 Å². The van der Waals surface area contributed by atoms with Gasteiger partial charge in [0.05, 0.1) is 5.75 Å². The largest absolute Gasteiger partial charge is 0.316 e. The second kappa shape index (κ2) is 7.36. The summed E-state index contributed by atoms with van der Waals surface area (Å²) in [5, 5.41) is 3.21. The van der Waals surface area contributed by atoms with Gasteiger partial charge in [-0.05, 0) is 31.5 Å². The Labute approximate surface area is 125 Å². The number of rotatable bonds is 4. The molecule has 114 valence electrons. The number of halogens is 2. The Kier molecular flexibility index (Phi) is 6.39. The van der Waals surface area contributed by atoms with Crippen LogP contribution in [0.25, 0.3) is 0 Å². The van der Waals surface area contributed by atoms with Crippen molar-refractivity contribution in [2.24, 2.45) is 5.92 Å². The van der Waals surface area contributed by atoms with E-state index in [1.807, 2.05) is 6.92 Å². The van der Waals surface area contributed by atoms with Crippen molar-refractivity contribution in [2.75, 3.05) is 13.1 Å². The van der Waals surface area contributed by atoms with Gasteiger partial charge in [-0.25, -0.2) is 17.5 Å². The molecule has 1 fully saturated rings. The Balaban J connectivity index is 0.00000200. The van der Waals surface area contributed by atoms with Crippen LogP contribution in [0.2, 0.25) is 0 Å². The van der Waals surface area contributed by atoms with Crippen molar-refractivity contribution in [3.63, 3.8) is 0 Å². The molecule has 1 heterocycles. The highest BCUT2D eigenvalue weighted by Gasteiger charge is 2.26. The number of sulfonamides is 1. The molecular formula is C13H20ClFN2O2S. The van der Waals surface area contributed by atoms with E-state index in [1.165, 1.54) is 12.1 Å². The number of hydrogen-bond acceptors (Lipinski definition) is 3. The van der Waals surface area contributed by atoms with E-state index in [-0.39, 0.29) is 35.7 Å². The fourth-order valence-electron chi connectivity index (χ4n) is 2.28. The van der Waals surface area contributed by atoms with Crippen LogP contribution in [0.1, 0.15) is 18.9 Å². The lowest BCUT2D eigenvalue weighted by molar-refractivity contribution is 0.328. The Morgan fingerprint density at radius 1 is 1.40 bits per heavy atom. The molecule has 1 aromatic rings. The van der Waals surface area contributed by atoms with Crippen molar-refractivity contribution >= 4 is 22.4 Å². The fraction of sp³-hybridized carbons (Fsp3) is 0.538. The molecule has 1 aliphatic rings. The third-order valence-electron chi connectivity index (χ3n) is 3.42. The molecular weight excluding hydrogens is 303 g/mol. The van der Waals surface area contributed by atoms with Gasteiger partial charge in [-0.2, -0.15) is 0 Å². The van der Waals surface area contributed by atoms with Crippen LogP contribution in [0.3, 0.4) is 0 Å². The van der Waals surface area contributed by atoms with Crippen molar-refractivity contribution in [1.29, 1.82) is 0 Å². The van der Waals surface area contributed by atoms with Gasteiger partial charge in [0.2, 0.25) is 10.0 Å². The summed E-state index contributed by atoms with van der Waals surface area (Å²) < 4.78 is 40.3. The van der Waals surface area contributed by atoms with Crippen LogP contribution in [0, 0.1) is 11.7 Å². The first-order valence-electron chi connectivity index (χ1n) is 6.42. The van der Waals surface area contributed by atoms with E-state index >= 15 is 0 Å². The lowest BCUT2D eigenvalue weighted by atomic mass is 9.97. The van der Waals surface area contributed by atoms with E-state index in [9.17, 15) is 12.8 Å². The van der Waals surface area contributed by atoms with Crippen LogP contribution in [0.4, 0.5) is 4.39 Å². The SMILES string of the molecule is CC1CNCCC1NS(=O)(=O)Cc1ccccc1F.Cl. The zero-order valence-electron chi connectivity index (χ0n) is 11.3. The standard InChI is InChI=1S/C13H19FN2O2S.ClH/c1-10-8-15-7-6-13(10)16-19(17,18)9-11-4-2-3-5-12(11)14;/h2-5,10,13,15-16H,6-9H2,1H3;1H. The summed E-state index contributed by atoms with van der Waals surface area (Å²) in [6.45, 7) is 3.60. The minimum Gasteiger partial charge on any atom is -0.316 e. The minimum atomic E-state index is -3.51. The lowest BCUT2D eigenvalue weighted by Gasteiger charge is -2.29. The maximum Gasteiger partial charge on any atom is 0.216 e. The molecule has 2 rings (SSSR count). The van der Waals surface area contributed by atoms with Gasteiger partial charge in [0, 0.05) is 11.6 Å². The highest BCUT2D eigenvalue weighted by molar-refractivity contribution is 7.88. The smallest absolute Gasteiger partial charge is 0.216 e. The van der Waals surface area contributed by atoms with E-state index in [0.29, 0.717) is 0 Å². The van der Waals surface area contributed by atoms with E-state index in [2.05, 4.69) is 10.0 Å². The maximum atomic E-state index is 13.5. The van der Waals surface area contributed by atoms with E-state index < -0.39 is 15.8 Å². The van der Waals surface area contributed by atoms with Gasteiger partial charge in [0.15, 0.2) is 0 Å². The summed E-state index contributed by atoms with van der Waals surface area (Å²) in [4.78, 5) is 0. The van der Waals surface area contributed by atoms with Crippen LogP contribution in [-0.4, -0.2) is 27.5 Å². The molecule has 0 radical (unpaired) electrons. The second-order valence-corrected chi connectivity index (χ2v) is 6.80. The third kappa shape index (κ3) is 4.70. The number of benzene rings is 1. The molecule has 1 saturated heterocycles. The normalized spacial score (nSPS) is 23.1. The highest BCUT2D eigenvalue weighted by Crippen LogP contribution is 2.14. The average Bonchev–Trinajstić information content (AvgIpc) is 2.35. The Morgan fingerprint density at radius 2 is 2.10 bits per heavy atom. The Bertz CT molecular complexity index is 539. The average molecular weight is 323 g/mol. The van der Waals surface area contributed by atoms with Gasteiger partial charge >= 0.3 is 0 Å². The van der Waals surface area contributed by atoms with Gasteiger partial charge < -0.3 is 5.32 Å². The van der Waals surface area contributed by atoms with Gasteiger partial charge in [-0.3, -0.25) is 0 Å². The molecule has 1 aliphatic heterocycles. The first-order chi connectivity index (χ1) is 8.98. The van der Waals surface area contributed by atoms with Gasteiger partial charge in [-0.15, -0.1) is 12.4 Å². The molecule has 4 nitrogen and oxygen atoms in total. The predicted octanol–water partition coefficient (Wildman–Crippen LogP) is 1.66. The molecule has 2 N–H and O–H groups in total. The topological polar surface area (TPSA) is 58.2 Å². The second-order valence-electron chi connectivity index (χ2n) is 5.04. The van der Waals surface area contributed by atoms with Crippen LogP contribution >= 0.6 is 12.4 Å². The summed E-state index contributed by atoms with van der Waals surface area (Å²) in [6.07, 6.45) is 0.762. The fourth-order valence-corrected chi connectivity index (χ4v) is 3.82. The van der Waals surface area contributed by atoms with Crippen LogP contribution in [-0.2, 0) is 15.8 Å². The van der Waals surface area contributed by atoms with Crippen LogP contribution < -0.4 is 10.0 Å². The van der Waals surface area contributed by atoms with Gasteiger partial charge in [-0.1, -0.05) is 25.1 Å². The molecule has 20 heavy (non-hydrogen) atoms. The van der Waals surface area contributed by atoms with Crippen LogP contribution in [0.5, 0.6) is 0 Å². The number of piperidine rings is 1. The summed E-state index contributed by atoms with van der Waals surface area (Å²) in [6, 6.07) is 5.89. The summed E-state index contributed by atoms with van der Waals surface area (Å²) in [7, 11) is -3.51. The highest BCUT2D eigenvalue weighted by atomic mass is 35.5. The quantitative estimate of drug-likeness (QED) is 0.886. The van der Waals surface area contributed by atoms with Crippen molar-refractivity contribution < 1.29 is 12.8 Å². The maximum absolute atomic E-state index is 13.5. The molecule has 0 spiro atoms. The molecule has 0 saturated carbocycles. The molecule has 0 bridgehead atoms. The molecule has 0 amide bonds. The lowest BCUT2D eigenvalue weighted by Crippen LogP contribution is -2.48. The van der Waals surface area contributed by atoms with E-state index in [0.717, 1.165) is 19.5 Å². The molecule has 1 aromatic carbocycles. The van der Waals surface area contributed by atoms with E-state index in [4.69, 9.17) is 0 Å².